The molecule has 1 unspecified atom stereocenters. The molecule has 2 aromatic heterocycles. The summed E-state index contributed by atoms with van der Waals surface area (Å²) in [6.45, 7) is 5.73. The van der Waals surface area contributed by atoms with Crippen LogP contribution >= 0.6 is 0 Å². The summed E-state index contributed by atoms with van der Waals surface area (Å²) < 4.78 is 16.9. The van der Waals surface area contributed by atoms with Gasteiger partial charge in [-0.2, -0.15) is 0 Å². The number of carbonyl (C=O) groups excluding carboxylic acids is 1. The molecule has 2 aromatic rings. The number of nitrogens with one attached hydrogen (secondary N) is 1. The number of hydrogen-bond donors (Lipinski definition) is 2. The van der Waals surface area contributed by atoms with Crippen molar-refractivity contribution < 1.29 is 28.9 Å². The summed E-state index contributed by atoms with van der Waals surface area (Å²) in [6, 6.07) is 0.888. The highest BCUT2D eigenvalue weighted by molar-refractivity contribution is 6.04. The molecule has 13 heteroatoms. The number of fused-ring (bicyclic) bond motifs is 4. The van der Waals surface area contributed by atoms with Crippen LogP contribution in [-0.2, 0) is 9.47 Å². The van der Waals surface area contributed by atoms with Crippen LogP contribution in [0.1, 0.15) is 37.3 Å². The highest BCUT2D eigenvalue weighted by Gasteiger charge is 2.39. The molecule has 2 bridgehead atoms. The predicted octanol–water partition coefficient (Wildman–Crippen LogP) is 1.52. The van der Waals surface area contributed by atoms with Crippen molar-refractivity contribution in [2.24, 2.45) is 0 Å². The highest BCUT2D eigenvalue weighted by atomic mass is 16.7. The second-order valence-corrected chi connectivity index (χ2v) is 8.75. The molecule has 5 rings (SSSR count). The zero-order valence-electron chi connectivity index (χ0n) is 18.8. The van der Waals surface area contributed by atoms with E-state index in [0.717, 1.165) is 19.4 Å². The first-order valence-corrected chi connectivity index (χ1v) is 11.0. The Kier molecular flexibility index (Phi) is 5.65. The molecule has 2 saturated heterocycles. The summed E-state index contributed by atoms with van der Waals surface area (Å²) in [5, 5.41) is 12.1. The van der Waals surface area contributed by atoms with Gasteiger partial charge in [0, 0.05) is 19.2 Å². The topological polar surface area (TPSA) is 152 Å². The van der Waals surface area contributed by atoms with Crippen LogP contribution in [0.3, 0.4) is 0 Å². The standard InChI is InChI=1S/C21H25N7O6/c1-21(2)33-10-13(34-21)9-32-16-6-15(23-11-24-16)25-20(31)28-12-4-3-5-27(8-12)14-7-22-17(19(29)30)26-18(14)28/h6-7,11-13H,3-5,8-10H2,1-2H3,(H,29,30)(H,23,24,25,31)/t12-,13?/m0/s1. The number of carboxylic acid groups (broad SMARTS) is 1. The van der Waals surface area contributed by atoms with E-state index in [1.54, 1.807) is 0 Å². The Morgan fingerprint density at radius 1 is 1.32 bits per heavy atom. The van der Waals surface area contributed by atoms with Crippen LogP contribution < -0.4 is 19.9 Å². The molecule has 0 aliphatic carbocycles. The SMILES string of the molecule is CC1(C)OCC(COc2cc(NC(=O)N3c4nc(C(=O)O)ncc4N4CCC[C@H]3C4)ncn2)O1. The van der Waals surface area contributed by atoms with Crippen molar-refractivity contribution in [1.29, 1.82) is 0 Å². The van der Waals surface area contributed by atoms with E-state index >= 15 is 0 Å². The monoisotopic (exact) mass is 471 g/mol. The lowest BCUT2D eigenvalue weighted by atomic mass is 10.0. The van der Waals surface area contributed by atoms with Crippen LogP contribution in [0.5, 0.6) is 5.88 Å². The van der Waals surface area contributed by atoms with Crippen LogP contribution in [0.25, 0.3) is 0 Å². The van der Waals surface area contributed by atoms with Gasteiger partial charge in [-0.05, 0) is 26.7 Å². The number of carboxylic acids is 1. The molecule has 0 radical (unpaired) electrons. The fraction of sp³-hybridized carbons (Fsp3) is 0.524. The number of rotatable bonds is 5. The lowest BCUT2D eigenvalue weighted by molar-refractivity contribution is -0.141. The van der Waals surface area contributed by atoms with Gasteiger partial charge in [0.05, 0.1) is 24.5 Å². The molecule has 0 spiro atoms. The van der Waals surface area contributed by atoms with E-state index in [4.69, 9.17) is 14.2 Å². The molecule has 5 heterocycles. The van der Waals surface area contributed by atoms with Crippen LogP contribution in [0, 0.1) is 0 Å². The van der Waals surface area contributed by atoms with Gasteiger partial charge in [0.2, 0.25) is 11.7 Å². The predicted molar refractivity (Wildman–Crippen MR) is 118 cm³/mol. The van der Waals surface area contributed by atoms with Crippen molar-refractivity contribution in [3.8, 4) is 5.88 Å². The van der Waals surface area contributed by atoms with Gasteiger partial charge in [-0.25, -0.2) is 29.5 Å². The van der Waals surface area contributed by atoms with Gasteiger partial charge >= 0.3 is 12.0 Å². The second kappa shape index (κ2) is 8.65. The van der Waals surface area contributed by atoms with Crippen molar-refractivity contribution in [2.75, 3.05) is 41.4 Å². The van der Waals surface area contributed by atoms with Gasteiger partial charge in [0.25, 0.3) is 0 Å². The summed E-state index contributed by atoms with van der Waals surface area (Å²) in [5.41, 5.74) is 0.629. The van der Waals surface area contributed by atoms with E-state index in [9.17, 15) is 14.7 Å². The Hall–Kier alpha value is -3.58. The first-order chi connectivity index (χ1) is 16.3. The Labute approximate surface area is 195 Å². The van der Waals surface area contributed by atoms with E-state index in [-0.39, 0.29) is 42.1 Å². The zero-order chi connectivity index (χ0) is 23.9. The summed E-state index contributed by atoms with van der Waals surface area (Å²) in [5.74, 6) is -1.48. The number of anilines is 3. The number of aromatic nitrogens is 4. The molecule has 3 aliphatic heterocycles. The molecule has 0 saturated carbocycles. The number of nitrogens with zero attached hydrogens (tertiary/aromatic N) is 6. The van der Waals surface area contributed by atoms with Crippen LogP contribution in [-0.4, -0.2) is 81.3 Å². The smallest absolute Gasteiger partial charge is 0.374 e. The normalized spacial score (nSPS) is 22.8. The van der Waals surface area contributed by atoms with Crippen LogP contribution in [0.15, 0.2) is 18.6 Å². The quantitative estimate of drug-likeness (QED) is 0.653. The van der Waals surface area contributed by atoms with E-state index in [2.05, 4.69) is 30.2 Å². The number of amides is 2. The van der Waals surface area contributed by atoms with Gasteiger partial charge in [0.15, 0.2) is 11.6 Å². The minimum absolute atomic E-state index is 0.154. The maximum Gasteiger partial charge on any atom is 0.374 e. The average Bonchev–Trinajstić information content (AvgIpc) is 3.16. The fourth-order valence-electron chi connectivity index (χ4n) is 4.37. The van der Waals surface area contributed by atoms with Crippen LogP contribution in [0.2, 0.25) is 0 Å². The van der Waals surface area contributed by atoms with Crippen molar-refractivity contribution in [3.05, 3.63) is 24.4 Å². The van der Waals surface area contributed by atoms with E-state index < -0.39 is 17.8 Å². The van der Waals surface area contributed by atoms with Gasteiger partial charge in [-0.3, -0.25) is 10.2 Å². The Morgan fingerprint density at radius 3 is 2.94 bits per heavy atom. The summed E-state index contributed by atoms with van der Waals surface area (Å²) in [6.07, 6.45) is 4.18. The van der Waals surface area contributed by atoms with Crippen molar-refractivity contribution >= 4 is 29.3 Å². The van der Waals surface area contributed by atoms with Gasteiger partial charge in [0.1, 0.15) is 24.9 Å². The molecule has 13 nitrogen and oxygen atoms in total. The minimum Gasteiger partial charge on any atom is -0.475 e. The summed E-state index contributed by atoms with van der Waals surface area (Å²) in [7, 11) is 0. The molecule has 2 N–H and O–H groups in total. The lowest BCUT2D eigenvalue weighted by Crippen LogP contribution is -2.56. The van der Waals surface area contributed by atoms with Crippen molar-refractivity contribution in [3.63, 3.8) is 0 Å². The summed E-state index contributed by atoms with van der Waals surface area (Å²) in [4.78, 5) is 44.6. The van der Waals surface area contributed by atoms with Crippen LogP contribution in [0.4, 0.5) is 22.1 Å². The van der Waals surface area contributed by atoms with Crippen molar-refractivity contribution in [1.82, 2.24) is 19.9 Å². The first kappa shape index (κ1) is 22.2. The molecule has 34 heavy (non-hydrogen) atoms. The number of ether oxygens (including phenoxy) is 3. The average molecular weight is 471 g/mol. The second-order valence-electron chi connectivity index (χ2n) is 8.75. The van der Waals surface area contributed by atoms with E-state index in [1.165, 1.54) is 23.5 Å². The number of piperidine rings is 1. The van der Waals surface area contributed by atoms with Gasteiger partial charge < -0.3 is 24.2 Å². The Bertz CT molecular complexity index is 1110. The molecule has 180 valence electrons. The third-order valence-electron chi connectivity index (χ3n) is 5.85. The van der Waals surface area contributed by atoms with Gasteiger partial charge in [-0.15, -0.1) is 0 Å². The Morgan fingerprint density at radius 2 is 2.18 bits per heavy atom. The first-order valence-electron chi connectivity index (χ1n) is 11.0. The third-order valence-corrected chi connectivity index (χ3v) is 5.85. The number of hydrogen-bond acceptors (Lipinski definition) is 10. The number of urea groups is 1. The maximum atomic E-state index is 13.3. The summed E-state index contributed by atoms with van der Waals surface area (Å²) >= 11 is 0. The molecule has 2 fully saturated rings. The maximum absolute atomic E-state index is 13.3. The largest absolute Gasteiger partial charge is 0.475 e. The van der Waals surface area contributed by atoms with Crippen molar-refractivity contribution in [2.45, 2.75) is 44.6 Å². The fourth-order valence-corrected chi connectivity index (χ4v) is 4.37. The third kappa shape index (κ3) is 4.43. The number of carbonyl (C=O) groups is 2. The highest BCUT2D eigenvalue weighted by Crippen LogP contribution is 2.37. The lowest BCUT2D eigenvalue weighted by Gasteiger charge is -2.45. The molecule has 3 aliphatic rings. The molecule has 2 atom stereocenters. The Balaban J connectivity index is 1.32. The van der Waals surface area contributed by atoms with Gasteiger partial charge in [-0.1, -0.05) is 0 Å². The molecular formula is C21H25N7O6. The molecule has 0 aromatic carbocycles. The number of aromatic carboxylic acids is 1. The van der Waals surface area contributed by atoms with E-state index in [0.29, 0.717) is 18.8 Å². The minimum atomic E-state index is -1.26. The zero-order valence-corrected chi connectivity index (χ0v) is 18.8. The van der Waals surface area contributed by atoms with E-state index in [1.807, 2.05) is 13.8 Å². The molecular weight excluding hydrogens is 446 g/mol. The molecule has 2 amide bonds.